The van der Waals surface area contributed by atoms with Crippen molar-refractivity contribution in [1.29, 1.82) is 0 Å². The summed E-state index contributed by atoms with van der Waals surface area (Å²) in [4.78, 5) is 28.6. The number of unbranched alkanes of at least 4 members (excludes halogenated alkanes) is 1. The largest absolute Gasteiger partial charge is 0.419 e. The van der Waals surface area contributed by atoms with Gasteiger partial charge in [-0.3, -0.25) is 4.57 Å². The molecule has 5 rings (SSSR count). The van der Waals surface area contributed by atoms with Crippen molar-refractivity contribution in [2.24, 2.45) is 12.5 Å². The van der Waals surface area contributed by atoms with Crippen LogP contribution in [0.3, 0.4) is 0 Å². The topological polar surface area (TPSA) is 70.7 Å². The van der Waals surface area contributed by atoms with Crippen molar-refractivity contribution in [2.75, 3.05) is 37.6 Å². The van der Waals surface area contributed by atoms with Crippen LogP contribution in [0, 0.1) is 5.41 Å². The minimum absolute atomic E-state index is 0.0744. The van der Waals surface area contributed by atoms with Crippen LogP contribution >= 0.6 is 0 Å². The van der Waals surface area contributed by atoms with Gasteiger partial charge >= 0.3 is 11.8 Å². The molecule has 0 unspecified atom stereocenters. The van der Waals surface area contributed by atoms with E-state index in [1.165, 1.54) is 10.1 Å². The monoisotopic (exact) mass is 448 g/mol. The number of anilines is 1. The lowest BCUT2D eigenvalue weighted by molar-refractivity contribution is 0.0901. The molecule has 1 spiro atoms. The molecule has 0 bridgehead atoms. The summed E-state index contributed by atoms with van der Waals surface area (Å²) in [6.45, 7) is 4.35. The van der Waals surface area contributed by atoms with Crippen LogP contribution < -0.4 is 16.0 Å². The van der Waals surface area contributed by atoms with E-state index in [1.54, 1.807) is 7.05 Å². The van der Waals surface area contributed by atoms with Gasteiger partial charge in [-0.15, -0.1) is 0 Å². The lowest BCUT2D eigenvalue weighted by Crippen LogP contribution is -2.61. The van der Waals surface area contributed by atoms with Gasteiger partial charge in [0, 0.05) is 56.9 Å². The lowest BCUT2D eigenvalue weighted by Gasteiger charge is -2.55. The first-order valence-electron chi connectivity index (χ1n) is 11.9. The lowest BCUT2D eigenvalue weighted by atomic mass is 9.72. The van der Waals surface area contributed by atoms with E-state index in [-0.39, 0.29) is 11.8 Å². The number of carbonyl (C=O) groups excluding carboxylic acids is 1. The molecule has 0 saturated carbocycles. The van der Waals surface area contributed by atoms with Crippen LogP contribution in [0.15, 0.2) is 57.7 Å². The summed E-state index contributed by atoms with van der Waals surface area (Å²) in [5.41, 5.74) is 4.19. The molecule has 1 N–H and O–H groups in total. The molecule has 2 aliphatic heterocycles. The quantitative estimate of drug-likeness (QED) is 0.583. The number of oxazole rings is 1. The number of rotatable bonds is 6. The molecule has 3 aromatic rings. The van der Waals surface area contributed by atoms with Gasteiger partial charge in [0.05, 0.1) is 5.52 Å². The van der Waals surface area contributed by atoms with Gasteiger partial charge in [-0.25, -0.2) is 9.59 Å². The smallest absolute Gasteiger partial charge is 0.408 e. The van der Waals surface area contributed by atoms with Gasteiger partial charge in [0.15, 0.2) is 5.58 Å². The molecule has 2 amide bonds. The SMILES string of the molecule is Cn1c(=O)oc2cc(N3CC4(CCN(C(=O)NCCCCc5ccccc5)CC4)C3)ccc21. The zero-order chi connectivity index (χ0) is 22.8. The molecular formula is C26H32N4O3. The highest BCUT2D eigenvalue weighted by atomic mass is 16.4. The van der Waals surface area contributed by atoms with Crippen molar-refractivity contribution in [3.63, 3.8) is 0 Å². The van der Waals surface area contributed by atoms with Crippen LogP contribution in [-0.2, 0) is 13.5 Å². The average molecular weight is 449 g/mol. The number of aryl methyl sites for hydroxylation is 2. The number of likely N-dealkylation sites (tertiary alicyclic amines) is 1. The van der Waals surface area contributed by atoms with Crippen LogP contribution in [0.25, 0.3) is 11.1 Å². The third-order valence-electron chi connectivity index (χ3n) is 7.32. The van der Waals surface area contributed by atoms with Gasteiger partial charge in [0.25, 0.3) is 0 Å². The minimum atomic E-state index is -0.330. The molecule has 2 saturated heterocycles. The number of urea groups is 1. The molecule has 33 heavy (non-hydrogen) atoms. The fourth-order valence-corrected chi connectivity index (χ4v) is 5.17. The summed E-state index contributed by atoms with van der Waals surface area (Å²) in [5, 5.41) is 3.10. The third-order valence-corrected chi connectivity index (χ3v) is 7.32. The van der Waals surface area contributed by atoms with E-state index in [0.29, 0.717) is 11.0 Å². The summed E-state index contributed by atoms with van der Waals surface area (Å²) < 4.78 is 6.86. The number of hydrogen-bond donors (Lipinski definition) is 1. The Morgan fingerprint density at radius 1 is 1.06 bits per heavy atom. The predicted octanol–water partition coefficient (Wildman–Crippen LogP) is 3.77. The summed E-state index contributed by atoms with van der Waals surface area (Å²) >= 11 is 0. The Balaban J connectivity index is 1.04. The molecule has 0 atom stereocenters. The zero-order valence-electron chi connectivity index (χ0n) is 19.3. The Morgan fingerprint density at radius 2 is 1.82 bits per heavy atom. The molecule has 0 aliphatic carbocycles. The van der Waals surface area contributed by atoms with E-state index >= 15 is 0 Å². The molecule has 3 heterocycles. The molecule has 2 aromatic carbocycles. The zero-order valence-corrected chi connectivity index (χ0v) is 19.3. The Bertz CT molecular complexity index is 1170. The van der Waals surface area contributed by atoms with Crippen molar-refractivity contribution in [3.8, 4) is 0 Å². The molecule has 174 valence electrons. The van der Waals surface area contributed by atoms with E-state index < -0.39 is 0 Å². The Morgan fingerprint density at radius 3 is 2.58 bits per heavy atom. The standard InChI is InChI=1S/C26H32N4O3/c1-28-22-11-10-21(17-23(22)33-25(28)32)30-18-26(19-30)12-15-29(16-13-26)24(31)27-14-6-5-9-20-7-3-2-4-8-20/h2-4,7-8,10-11,17H,5-6,9,12-16,18-19H2,1H3,(H,27,31). The summed E-state index contributed by atoms with van der Waals surface area (Å²) in [6, 6.07) is 16.5. The number of amides is 2. The van der Waals surface area contributed by atoms with Crippen molar-refractivity contribution < 1.29 is 9.21 Å². The fraction of sp³-hybridized carbons (Fsp3) is 0.462. The summed E-state index contributed by atoms with van der Waals surface area (Å²) in [7, 11) is 1.72. The van der Waals surface area contributed by atoms with Gasteiger partial charge in [0.2, 0.25) is 0 Å². The maximum absolute atomic E-state index is 12.6. The number of nitrogens with one attached hydrogen (secondary N) is 1. The van der Waals surface area contributed by atoms with Gasteiger partial charge in [0.1, 0.15) is 0 Å². The molecular weight excluding hydrogens is 416 g/mol. The van der Waals surface area contributed by atoms with Gasteiger partial charge in [-0.05, 0) is 49.8 Å². The van der Waals surface area contributed by atoms with Crippen LogP contribution in [0.2, 0.25) is 0 Å². The molecule has 0 radical (unpaired) electrons. The van der Waals surface area contributed by atoms with Crippen molar-refractivity contribution in [3.05, 3.63) is 64.6 Å². The Labute approximate surface area is 194 Å². The molecule has 7 heteroatoms. The second-order valence-electron chi connectivity index (χ2n) is 9.60. The number of hydrogen-bond acceptors (Lipinski definition) is 4. The highest BCUT2D eigenvalue weighted by Crippen LogP contribution is 2.43. The van der Waals surface area contributed by atoms with Crippen molar-refractivity contribution >= 4 is 22.8 Å². The second-order valence-corrected chi connectivity index (χ2v) is 9.60. The number of fused-ring (bicyclic) bond motifs is 1. The van der Waals surface area contributed by atoms with E-state index in [4.69, 9.17) is 4.42 Å². The molecule has 2 aliphatic rings. The number of benzene rings is 2. The summed E-state index contributed by atoms with van der Waals surface area (Å²) in [5.74, 6) is -0.330. The Kier molecular flexibility index (Phi) is 5.87. The number of piperidine rings is 1. The third kappa shape index (κ3) is 4.49. The molecule has 2 fully saturated rings. The van der Waals surface area contributed by atoms with Crippen LogP contribution in [0.5, 0.6) is 0 Å². The maximum Gasteiger partial charge on any atom is 0.419 e. The highest BCUT2D eigenvalue weighted by molar-refractivity contribution is 5.78. The first-order chi connectivity index (χ1) is 16.0. The summed E-state index contributed by atoms with van der Waals surface area (Å²) in [6.07, 6.45) is 5.21. The van der Waals surface area contributed by atoms with Crippen LogP contribution in [0.1, 0.15) is 31.2 Å². The maximum atomic E-state index is 12.6. The molecule has 1 aromatic heterocycles. The number of aromatic nitrogens is 1. The first kappa shape index (κ1) is 21.6. The van der Waals surface area contributed by atoms with E-state index in [9.17, 15) is 9.59 Å². The first-order valence-corrected chi connectivity index (χ1v) is 11.9. The highest BCUT2D eigenvalue weighted by Gasteiger charge is 2.45. The number of carbonyl (C=O) groups is 1. The molecule has 7 nitrogen and oxygen atoms in total. The number of nitrogens with zero attached hydrogens (tertiary/aromatic N) is 3. The van der Waals surface area contributed by atoms with Crippen molar-refractivity contribution in [2.45, 2.75) is 32.1 Å². The van der Waals surface area contributed by atoms with E-state index in [2.05, 4.69) is 40.5 Å². The average Bonchev–Trinajstić information content (AvgIpc) is 3.10. The van der Waals surface area contributed by atoms with Gasteiger partial charge < -0.3 is 19.5 Å². The normalized spacial score (nSPS) is 17.4. The van der Waals surface area contributed by atoms with Gasteiger partial charge in [-0.1, -0.05) is 30.3 Å². The minimum Gasteiger partial charge on any atom is -0.408 e. The Hall–Kier alpha value is -3.22. The van der Waals surface area contributed by atoms with E-state index in [0.717, 1.165) is 76.0 Å². The van der Waals surface area contributed by atoms with Crippen LogP contribution in [0.4, 0.5) is 10.5 Å². The van der Waals surface area contributed by atoms with Crippen molar-refractivity contribution in [1.82, 2.24) is 14.8 Å². The van der Waals surface area contributed by atoms with E-state index in [1.807, 2.05) is 23.1 Å². The fourth-order valence-electron chi connectivity index (χ4n) is 5.17. The van der Waals surface area contributed by atoms with Crippen LogP contribution in [-0.4, -0.2) is 48.2 Å². The predicted molar refractivity (Wildman–Crippen MR) is 130 cm³/mol. The second kappa shape index (κ2) is 8.96. The van der Waals surface area contributed by atoms with Gasteiger partial charge in [-0.2, -0.15) is 0 Å².